The van der Waals surface area contributed by atoms with Crippen molar-refractivity contribution in [1.82, 2.24) is 24.4 Å². The molecule has 8 heteroatoms. The van der Waals surface area contributed by atoms with Crippen LogP contribution in [0.5, 0.6) is 5.75 Å². The molecule has 3 heterocycles. The molecule has 7 nitrogen and oxygen atoms in total. The number of aliphatic hydroxyl groups is 1. The van der Waals surface area contributed by atoms with Gasteiger partial charge in [-0.25, -0.2) is 9.67 Å². The molecule has 1 atom stereocenters. The van der Waals surface area contributed by atoms with Crippen molar-refractivity contribution in [2.75, 3.05) is 7.11 Å². The third-order valence-corrected chi connectivity index (χ3v) is 4.66. The number of halogens is 1. The van der Waals surface area contributed by atoms with Gasteiger partial charge < -0.3 is 9.84 Å². The number of methoxy groups -OCH3 is 1. The number of aromatic nitrogens is 5. The summed E-state index contributed by atoms with van der Waals surface area (Å²) in [5.74, 6) is 0.755. The van der Waals surface area contributed by atoms with Gasteiger partial charge in [-0.15, -0.1) is 5.10 Å². The average Bonchev–Trinajstić information content (AvgIpc) is 3.28. The van der Waals surface area contributed by atoms with Gasteiger partial charge in [-0.1, -0.05) is 16.8 Å². The predicted molar refractivity (Wildman–Crippen MR) is 96.9 cm³/mol. The minimum atomic E-state index is -1.03. The molecular formula is C18H16ClN5O2. The van der Waals surface area contributed by atoms with E-state index in [-0.39, 0.29) is 0 Å². The van der Waals surface area contributed by atoms with Crippen LogP contribution < -0.4 is 4.74 Å². The summed E-state index contributed by atoms with van der Waals surface area (Å²) < 4.78 is 8.59. The molecule has 3 aromatic heterocycles. The highest BCUT2D eigenvalue weighted by Gasteiger charge is 2.24. The van der Waals surface area contributed by atoms with E-state index in [9.17, 15) is 5.11 Å². The summed E-state index contributed by atoms with van der Waals surface area (Å²) >= 11 is 6.34. The Morgan fingerprint density at radius 3 is 2.65 bits per heavy atom. The van der Waals surface area contributed by atoms with E-state index in [1.54, 1.807) is 34.8 Å². The van der Waals surface area contributed by atoms with Crippen LogP contribution in [0.1, 0.15) is 23.2 Å². The number of ether oxygens (including phenoxy) is 1. The van der Waals surface area contributed by atoms with Gasteiger partial charge in [0.15, 0.2) is 0 Å². The van der Waals surface area contributed by atoms with Gasteiger partial charge in [0.25, 0.3) is 0 Å². The number of rotatable bonds is 4. The largest absolute Gasteiger partial charge is 0.497 e. The molecule has 0 unspecified atom stereocenters. The molecule has 0 fully saturated rings. The van der Waals surface area contributed by atoms with Crippen molar-refractivity contribution in [3.63, 3.8) is 0 Å². The van der Waals surface area contributed by atoms with E-state index in [0.29, 0.717) is 16.4 Å². The lowest BCUT2D eigenvalue weighted by Gasteiger charge is -2.14. The maximum absolute atomic E-state index is 10.9. The molecule has 1 N–H and O–H groups in total. The number of pyridine rings is 1. The zero-order valence-corrected chi connectivity index (χ0v) is 14.9. The van der Waals surface area contributed by atoms with Crippen LogP contribution in [0.2, 0.25) is 5.02 Å². The van der Waals surface area contributed by atoms with Crippen LogP contribution in [0.4, 0.5) is 0 Å². The van der Waals surface area contributed by atoms with Gasteiger partial charge in [-0.3, -0.25) is 4.40 Å². The van der Waals surface area contributed by atoms with E-state index < -0.39 is 6.10 Å². The SMILES string of the molecule is COc1ccc(-n2nnc([C@H](O)c3c(Cl)ccc4cncn34)c2C)cc1. The molecule has 4 aromatic rings. The molecule has 0 bridgehead atoms. The number of hydrogen-bond acceptors (Lipinski definition) is 5. The molecule has 0 spiro atoms. The van der Waals surface area contributed by atoms with E-state index in [1.165, 1.54) is 0 Å². The number of benzene rings is 1. The Morgan fingerprint density at radius 2 is 1.92 bits per heavy atom. The third-order valence-electron chi connectivity index (χ3n) is 4.34. The topological polar surface area (TPSA) is 77.5 Å². The summed E-state index contributed by atoms with van der Waals surface area (Å²) in [5.41, 5.74) is 3.32. The third kappa shape index (κ3) is 2.61. The number of aliphatic hydroxyl groups excluding tert-OH is 1. The van der Waals surface area contributed by atoms with Crippen LogP contribution in [0.25, 0.3) is 11.2 Å². The second-order valence-electron chi connectivity index (χ2n) is 5.83. The molecule has 0 radical (unpaired) electrons. The van der Waals surface area contributed by atoms with Crippen LogP contribution in [0.15, 0.2) is 48.9 Å². The molecule has 0 aliphatic carbocycles. The summed E-state index contributed by atoms with van der Waals surface area (Å²) in [7, 11) is 1.62. The second-order valence-corrected chi connectivity index (χ2v) is 6.23. The Kier molecular flexibility index (Phi) is 4.10. The number of nitrogens with zero attached hydrogens (tertiary/aromatic N) is 5. The van der Waals surface area contributed by atoms with Gasteiger partial charge in [-0.2, -0.15) is 0 Å². The first-order chi connectivity index (χ1) is 12.6. The van der Waals surface area contributed by atoms with Gasteiger partial charge in [0.2, 0.25) is 0 Å². The van der Waals surface area contributed by atoms with Gasteiger partial charge in [0.05, 0.1) is 47.2 Å². The van der Waals surface area contributed by atoms with Crippen molar-refractivity contribution >= 4 is 17.1 Å². The highest BCUT2D eigenvalue weighted by Crippen LogP contribution is 2.30. The van der Waals surface area contributed by atoms with Crippen LogP contribution in [0, 0.1) is 6.92 Å². The highest BCUT2D eigenvalue weighted by molar-refractivity contribution is 6.31. The normalized spacial score (nSPS) is 12.5. The minimum absolute atomic E-state index is 0.432. The van der Waals surface area contributed by atoms with Crippen LogP contribution in [-0.2, 0) is 0 Å². The fourth-order valence-corrected chi connectivity index (χ4v) is 3.20. The van der Waals surface area contributed by atoms with Crippen LogP contribution in [-0.4, -0.2) is 36.6 Å². The highest BCUT2D eigenvalue weighted by atomic mass is 35.5. The lowest BCUT2D eigenvalue weighted by molar-refractivity contribution is 0.208. The number of hydrogen-bond donors (Lipinski definition) is 1. The molecule has 4 rings (SSSR count). The maximum Gasteiger partial charge on any atom is 0.141 e. The standard InChI is InChI=1S/C18H16ClN5O2/c1-11-16(21-22-24(11)12-3-6-14(26-2)7-4-12)18(25)17-15(19)8-5-13-9-20-10-23(13)17/h3-10,18,25H,1-2H3/t18-/m0/s1. The van der Waals surface area contributed by atoms with Gasteiger partial charge in [-0.05, 0) is 43.3 Å². The van der Waals surface area contributed by atoms with E-state index in [1.807, 2.05) is 37.3 Å². The average molecular weight is 370 g/mol. The van der Waals surface area contributed by atoms with Gasteiger partial charge in [0.1, 0.15) is 17.5 Å². The molecule has 1 aromatic carbocycles. The molecule has 0 aliphatic heterocycles. The Bertz CT molecular complexity index is 1070. The summed E-state index contributed by atoms with van der Waals surface area (Å²) in [6.45, 7) is 1.85. The molecular weight excluding hydrogens is 354 g/mol. The van der Waals surface area contributed by atoms with Crippen molar-refractivity contribution in [3.05, 3.63) is 71.0 Å². The zero-order chi connectivity index (χ0) is 18.3. The van der Waals surface area contributed by atoms with Crippen molar-refractivity contribution in [2.24, 2.45) is 0 Å². The van der Waals surface area contributed by atoms with Crippen molar-refractivity contribution in [1.29, 1.82) is 0 Å². The summed E-state index contributed by atoms with van der Waals surface area (Å²) in [4.78, 5) is 4.11. The fraction of sp³-hybridized carbons (Fsp3) is 0.167. The summed E-state index contributed by atoms with van der Waals surface area (Å²) in [5, 5.41) is 19.7. The Labute approximate surface area is 154 Å². The molecule has 26 heavy (non-hydrogen) atoms. The first-order valence-corrected chi connectivity index (χ1v) is 8.33. The zero-order valence-electron chi connectivity index (χ0n) is 14.2. The fourth-order valence-electron chi connectivity index (χ4n) is 2.94. The van der Waals surface area contributed by atoms with E-state index in [0.717, 1.165) is 22.6 Å². The Balaban J connectivity index is 1.77. The quantitative estimate of drug-likeness (QED) is 0.598. The van der Waals surface area contributed by atoms with Crippen molar-refractivity contribution in [2.45, 2.75) is 13.0 Å². The van der Waals surface area contributed by atoms with Crippen LogP contribution >= 0.6 is 11.6 Å². The van der Waals surface area contributed by atoms with E-state index in [4.69, 9.17) is 16.3 Å². The van der Waals surface area contributed by atoms with Gasteiger partial charge >= 0.3 is 0 Å². The maximum atomic E-state index is 10.9. The first kappa shape index (κ1) is 16.6. The molecule has 0 saturated carbocycles. The predicted octanol–water partition coefficient (Wildman–Crippen LogP) is 2.97. The monoisotopic (exact) mass is 369 g/mol. The molecule has 0 aliphatic rings. The smallest absolute Gasteiger partial charge is 0.141 e. The lowest BCUT2D eigenvalue weighted by Crippen LogP contribution is -2.09. The van der Waals surface area contributed by atoms with E-state index in [2.05, 4.69) is 15.3 Å². The Hall–Kier alpha value is -2.90. The number of fused-ring (bicyclic) bond motifs is 1. The van der Waals surface area contributed by atoms with Crippen molar-refractivity contribution in [3.8, 4) is 11.4 Å². The van der Waals surface area contributed by atoms with Crippen molar-refractivity contribution < 1.29 is 9.84 Å². The number of imidazole rings is 1. The molecule has 132 valence electrons. The molecule has 0 saturated heterocycles. The summed E-state index contributed by atoms with van der Waals surface area (Å²) in [6, 6.07) is 11.0. The Morgan fingerprint density at radius 1 is 1.15 bits per heavy atom. The minimum Gasteiger partial charge on any atom is -0.497 e. The second kappa shape index (κ2) is 6.44. The van der Waals surface area contributed by atoms with Gasteiger partial charge in [0, 0.05) is 0 Å². The molecule has 0 amide bonds. The van der Waals surface area contributed by atoms with Crippen LogP contribution in [0.3, 0.4) is 0 Å². The first-order valence-electron chi connectivity index (χ1n) is 7.95. The summed E-state index contributed by atoms with van der Waals surface area (Å²) in [6.07, 6.45) is 2.28. The lowest BCUT2D eigenvalue weighted by atomic mass is 10.1. The van der Waals surface area contributed by atoms with E-state index >= 15 is 0 Å².